The summed E-state index contributed by atoms with van der Waals surface area (Å²) in [6.07, 6.45) is 4.80. The standard InChI is InChI=1S/C10H18N2O/c1-4-10(13)11-8-6-5-7-9(8)12(2)3/h4,8-9H,1,5-7H2,2-3H3,(H,11,13)/t8-,9-/m1/s1. The first-order valence-electron chi connectivity index (χ1n) is 4.74. The van der Waals surface area contributed by atoms with Gasteiger partial charge in [0.05, 0.1) is 0 Å². The Morgan fingerprint density at radius 2 is 2.23 bits per heavy atom. The predicted molar refractivity (Wildman–Crippen MR) is 53.5 cm³/mol. The molecule has 1 saturated carbocycles. The number of likely N-dealkylation sites (N-methyl/N-ethyl adjacent to an activating group) is 1. The van der Waals surface area contributed by atoms with Crippen LogP contribution in [0.5, 0.6) is 0 Å². The van der Waals surface area contributed by atoms with Crippen LogP contribution in [0.25, 0.3) is 0 Å². The normalized spacial score (nSPS) is 27.6. The van der Waals surface area contributed by atoms with Gasteiger partial charge in [0, 0.05) is 12.1 Å². The van der Waals surface area contributed by atoms with Gasteiger partial charge in [-0.1, -0.05) is 6.58 Å². The highest BCUT2D eigenvalue weighted by Gasteiger charge is 2.29. The highest BCUT2D eigenvalue weighted by Crippen LogP contribution is 2.22. The lowest BCUT2D eigenvalue weighted by Crippen LogP contribution is -2.45. The number of carbonyl (C=O) groups excluding carboxylic acids is 1. The lowest BCUT2D eigenvalue weighted by molar-refractivity contribution is -0.117. The second-order valence-corrected chi connectivity index (χ2v) is 3.78. The molecule has 0 aromatic carbocycles. The van der Waals surface area contributed by atoms with E-state index < -0.39 is 0 Å². The van der Waals surface area contributed by atoms with Crippen molar-refractivity contribution in [2.75, 3.05) is 14.1 Å². The fraction of sp³-hybridized carbons (Fsp3) is 0.700. The topological polar surface area (TPSA) is 32.3 Å². The van der Waals surface area contributed by atoms with E-state index >= 15 is 0 Å². The number of amides is 1. The van der Waals surface area contributed by atoms with E-state index in [9.17, 15) is 4.79 Å². The van der Waals surface area contributed by atoms with Crippen LogP contribution in [0.3, 0.4) is 0 Å². The van der Waals surface area contributed by atoms with Crippen LogP contribution in [-0.2, 0) is 4.79 Å². The second-order valence-electron chi connectivity index (χ2n) is 3.78. The monoisotopic (exact) mass is 182 g/mol. The fourth-order valence-corrected chi connectivity index (χ4v) is 1.97. The lowest BCUT2D eigenvalue weighted by Gasteiger charge is -2.26. The Kier molecular flexibility index (Phi) is 3.48. The van der Waals surface area contributed by atoms with Crippen molar-refractivity contribution in [2.24, 2.45) is 0 Å². The van der Waals surface area contributed by atoms with Crippen molar-refractivity contribution in [1.29, 1.82) is 0 Å². The Morgan fingerprint density at radius 1 is 1.54 bits per heavy atom. The van der Waals surface area contributed by atoms with Gasteiger partial charge in [-0.3, -0.25) is 4.79 Å². The molecule has 1 aliphatic rings. The molecular formula is C10H18N2O. The molecule has 0 aromatic heterocycles. The number of hydrogen-bond acceptors (Lipinski definition) is 2. The molecule has 3 heteroatoms. The molecule has 1 aliphatic carbocycles. The van der Waals surface area contributed by atoms with Gasteiger partial charge in [-0.15, -0.1) is 0 Å². The summed E-state index contributed by atoms with van der Waals surface area (Å²) < 4.78 is 0. The van der Waals surface area contributed by atoms with E-state index in [-0.39, 0.29) is 5.91 Å². The van der Waals surface area contributed by atoms with Crippen LogP contribution in [0.2, 0.25) is 0 Å². The molecule has 3 nitrogen and oxygen atoms in total. The van der Waals surface area contributed by atoms with Crippen LogP contribution in [0, 0.1) is 0 Å². The third kappa shape index (κ3) is 2.56. The maximum Gasteiger partial charge on any atom is 0.243 e. The van der Waals surface area contributed by atoms with Gasteiger partial charge in [0.15, 0.2) is 0 Å². The minimum absolute atomic E-state index is 0.0567. The van der Waals surface area contributed by atoms with Gasteiger partial charge in [-0.05, 0) is 39.4 Å². The first-order chi connectivity index (χ1) is 6.15. The van der Waals surface area contributed by atoms with Crippen molar-refractivity contribution in [3.63, 3.8) is 0 Å². The summed E-state index contributed by atoms with van der Waals surface area (Å²) in [4.78, 5) is 13.3. The molecule has 0 heterocycles. The number of carbonyl (C=O) groups is 1. The van der Waals surface area contributed by atoms with Crippen molar-refractivity contribution in [3.8, 4) is 0 Å². The van der Waals surface area contributed by atoms with Gasteiger partial charge in [0.1, 0.15) is 0 Å². The van der Waals surface area contributed by atoms with E-state index in [0.717, 1.165) is 6.42 Å². The Bertz CT molecular complexity index is 201. The first-order valence-corrected chi connectivity index (χ1v) is 4.74. The van der Waals surface area contributed by atoms with Crippen LogP contribution in [0.1, 0.15) is 19.3 Å². The van der Waals surface area contributed by atoms with E-state index in [4.69, 9.17) is 0 Å². The molecule has 13 heavy (non-hydrogen) atoms. The maximum atomic E-state index is 11.1. The number of nitrogens with zero attached hydrogens (tertiary/aromatic N) is 1. The Hall–Kier alpha value is -0.830. The van der Waals surface area contributed by atoms with Gasteiger partial charge in [0.25, 0.3) is 0 Å². The van der Waals surface area contributed by atoms with Crippen LogP contribution in [-0.4, -0.2) is 37.0 Å². The maximum absolute atomic E-state index is 11.1. The highest BCUT2D eigenvalue weighted by molar-refractivity contribution is 5.87. The minimum Gasteiger partial charge on any atom is -0.348 e. The van der Waals surface area contributed by atoms with Gasteiger partial charge >= 0.3 is 0 Å². The average molecular weight is 182 g/mol. The highest BCUT2D eigenvalue weighted by atomic mass is 16.1. The summed E-state index contributed by atoms with van der Waals surface area (Å²) in [5.74, 6) is -0.0567. The Labute approximate surface area is 79.8 Å². The van der Waals surface area contributed by atoms with Crippen molar-refractivity contribution in [1.82, 2.24) is 10.2 Å². The summed E-state index contributed by atoms with van der Waals surface area (Å²) in [5.41, 5.74) is 0. The smallest absolute Gasteiger partial charge is 0.243 e. The molecule has 0 bridgehead atoms. The Morgan fingerprint density at radius 3 is 2.77 bits per heavy atom. The van der Waals surface area contributed by atoms with E-state index in [1.54, 1.807) is 0 Å². The van der Waals surface area contributed by atoms with E-state index in [1.165, 1.54) is 18.9 Å². The van der Waals surface area contributed by atoms with Crippen LogP contribution >= 0.6 is 0 Å². The predicted octanol–water partition coefficient (Wildman–Crippen LogP) is 0.771. The molecule has 0 radical (unpaired) electrons. The quantitative estimate of drug-likeness (QED) is 0.654. The van der Waals surface area contributed by atoms with Crippen LogP contribution in [0.4, 0.5) is 0 Å². The Balaban J connectivity index is 2.48. The second kappa shape index (κ2) is 4.42. The van der Waals surface area contributed by atoms with Crippen molar-refractivity contribution in [2.45, 2.75) is 31.3 Å². The minimum atomic E-state index is -0.0567. The zero-order valence-electron chi connectivity index (χ0n) is 8.42. The average Bonchev–Trinajstić information content (AvgIpc) is 2.52. The molecule has 0 spiro atoms. The number of rotatable bonds is 3. The summed E-state index contributed by atoms with van der Waals surface area (Å²) in [6.45, 7) is 3.45. The van der Waals surface area contributed by atoms with Crippen LogP contribution < -0.4 is 5.32 Å². The van der Waals surface area contributed by atoms with Crippen molar-refractivity contribution in [3.05, 3.63) is 12.7 Å². The zero-order chi connectivity index (χ0) is 9.84. The largest absolute Gasteiger partial charge is 0.348 e. The van der Waals surface area contributed by atoms with E-state index in [2.05, 4.69) is 30.9 Å². The summed E-state index contributed by atoms with van der Waals surface area (Å²) in [6, 6.07) is 0.796. The third-order valence-electron chi connectivity index (χ3n) is 2.66. The first kappa shape index (κ1) is 10.3. The van der Waals surface area contributed by atoms with Gasteiger partial charge < -0.3 is 10.2 Å². The molecule has 1 rings (SSSR count). The van der Waals surface area contributed by atoms with Gasteiger partial charge in [-0.25, -0.2) is 0 Å². The number of hydrogen-bond donors (Lipinski definition) is 1. The molecule has 74 valence electrons. The molecule has 0 unspecified atom stereocenters. The zero-order valence-corrected chi connectivity index (χ0v) is 8.42. The molecular weight excluding hydrogens is 164 g/mol. The molecule has 2 atom stereocenters. The number of nitrogens with one attached hydrogen (secondary N) is 1. The van der Waals surface area contributed by atoms with E-state index in [1.807, 2.05) is 0 Å². The SMILES string of the molecule is C=CC(=O)N[C@@H]1CCC[C@H]1N(C)C. The van der Waals surface area contributed by atoms with Crippen molar-refractivity contribution >= 4 is 5.91 Å². The molecule has 1 fully saturated rings. The molecule has 1 N–H and O–H groups in total. The molecule has 0 aromatic rings. The van der Waals surface area contributed by atoms with Crippen LogP contribution in [0.15, 0.2) is 12.7 Å². The summed E-state index contributed by atoms with van der Waals surface area (Å²) >= 11 is 0. The summed E-state index contributed by atoms with van der Waals surface area (Å²) in [5, 5.41) is 2.96. The van der Waals surface area contributed by atoms with Crippen molar-refractivity contribution < 1.29 is 4.79 Å². The molecule has 0 aliphatic heterocycles. The summed E-state index contributed by atoms with van der Waals surface area (Å²) in [7, 11) is 4.12. The lowest BCUT2D eigenvalue weighted by atomic mass is 10.1. The fourth-order valence-electron chi connectivity index (χ4n) is 1.97. The molecule has 1 amide bonds. The van der Waals surface area contributed by atoms with E-state index in [0.29, 0.717) is 12.1 Å². The molecule has 0 saturated heterocycles. The van der Waals surface area contributed by atoms with Gasteiger partial charge in [0.2, 0.25) is 5.91 Å². The third-order valence-corrected chi connectivity index (χ3v) is 2.66. The van der Waals surface area contributed by atoms with Gasteiger partial charge in [-0.2, -0.15) is 0 Å².